The molecule has 0 spiro atoms. The number of ether oxygens (including phenoxy) is 1. The molecule has 0 saturated carbocycles. The van der Waals surface area contributed by atoms with Crippen molar-refractivity contribution in [3.63, 3.8) is 0 Å². The van der Waals surface area contributed by atoms with Crippen LogP contribution < -0.4 is 10.1 Å². The van der Waals surface area contributed by atoms with E-state index < -0.39 is 17.8 Å². The van der Waals surface area contributed by atoms with Gasteiger partial charge in [-0.3, -0.25) is 0 Å². The predicted molar refractivity (Wildman–Crippen MR) is 74.8 cm³/mol. The third-order valence-corrected chi connectivity index (χ3v) is 3.59. The minimum atomic E-state index is -4.37. The van der Waals surface area contributed by atoms with Gasteiger partial charge in [0, 0.05) is 0 Å². The molecule has 1 aliphatic rings. The summed E-state index contributed by atoms with van der Waals surface area (Å²) in [5, 5.41) is 3.55. The third-order valence-electron chi connectivity index (χ3n) is 3.29. The Bertz CT molecular complexity index is 672. The fourth-order valence-corrected chi connectivity index (χ4v) is 2.47. The summed E-state index contributed by atoms with van der Waals surface area (Å²) in [6, 6.07) is 10.4. The van der Waals surface area contributed by atoms with E-state index in [1.807, 2.05) is 6.07 Å². The molecule has 110 valence electrons. The monoisotopic (exact) mass is 313 g/mol. The van der Waals surface area contributed by atoms with Gasteiger partial charge in [0.05, 0.1) is 22.8 Å². The normalized spacial score (nSPS) is 17.6. The Morgan fingerprint density at radius 3 is 2.67 bits per heavy atom. The first kappa shape index (κ1) is 14.1. The van der Waals surface area contributed by atoms with Gasteiger partial charge in [0.15, 0.2) is 5.75 Å². The second-order valence-electron chi connectivity index (χ2n) is 4.73. The van der Waals surface area contributed by atoms with Gasteiger partial charge in [-0.05, 0) is 29.8 Å². The van der Waals surface area contributed by atoms with Crippen LogP contribution in [0.1, 0.15) is 17.2 Å². The van der Waals surface area contributed by atoms with Crippen molar-refractivity contribution in [2.75, 3.05) is 11.9 Å². The van der Waals surface area contributed by atoms with E-state index >= 15 is 0 Å². The Balaban J connectivity index is 1.91. The van der Waals surface area contributed by atoms with E-state index in [2.05, 4.69) is 5.32 Å². The standard InChI is InChI=1S/C15H11ClF3NO/c16-11-5-2-6-12-14(11)21-13(8-20-12)9-3-1-4-10(7-9)15(17,18)19/h1-7,13,20H,8H2. The average molecular weight is 314 g/mol. The highest BCUT2D eigenvalue weighted by Crippen LogP contribution is 2.40. The van der Waals surface area contributed by atoms with Crippen molar-refractivity contribution in [2.24, 2.45) is 0 Å². The van der Waals surface area contributed by atoms with E-state index in [4.69, 9.17) is 16.3 Å². The molecule has 0 aromatic heterocycles. The van der Waals surface area contributed by atoms with Crippen molar-refractivity contribution in [1.29, 1.82) is 0 Å². The highest BCUT2D eigenvalue weighted by Gasteiger charge is 2.32. The molecular formula is C15H11ClF3NO. The van der Waals surface area contributed by atoms with E-state index in [0.29, 0.717) is 22.9 Å². The van der Waals surface area contributed by atoms with E-state index in [0.717, 1.165) is 17.8 Å². The van der Waals surface area contributed by atoms with Crippen molar-refractivity contribution < 1.29 is 17.9 Å². The number of anilines is 1. The first-order valence-corrected chi connectivity index (χ1v) is 6.69. The molecule has 6 heteroatoms. The molecule has 1 atom stereocenters. The number of alkyl halides is 3. The van der Waals surface area contributed by atoms with Crippen LogP contribution in [0.4, 0.5) is 18.9 Å². The van der Waals surface area contributed by atoms with Gasteiger partial charge in [-0.2, -0.15) is 13.2 Å². The van der Waals surface area contributed by atoms with Crippen LogP contribution in [0.2, 0.25) is 5.02 Å². The molecule has 2 nitrogen and oxygen atoms in total. The summed E-state index contributed by atoms with van der Waals surface area (Å²) in [5.74, 6) is 0.466. The molecule has 2 aromatic rings. The molecule has 3 rings (SSSR count). The average Bonchev–Trinajstić information content (AvgIpc) is 2.47. The second-order valence-corrected chi connectivity index (χ2v) is 5.13. The Morgan fingerprint density at radius 2 is 1.90 bits per heavy atom. The summed E-state index contributed by atoms with van der Waals surface area (Å²) in [4.78, 5) is 0. The highest BCUT2D eigenvalue weighted by atomic mass is 35.5. The van der Waals surface area contributed by atoms with E-state index in [9.17, 15) is 13.2 Å². The molecule has 0 saturated heterocycles. The number of hydrogen-bond donors (Lipinski definition) is 1. The summed E-state index contributed by atoms with van der Waals surface area (Å²) >= 11 is 6.05. The number of para-hydroxylation sites is 1. The quantitative estimate of drug-likeness (QED) is 0.808. The van der Waals surface area contributed by atoms with Crippen LogP contribution in [0.25, 0.3) is 0 Å². The maximum Gasteiger partial charge on any atom is 0.416 e. The largest absolute Gasteiger partial charge is 0.480 e. The van der Waals surface area contributed by atoms with Crippen molar-refractivity contribution in [3.8, 4) is 5.75 Å². The van der Waals surface area contributed by atoms with Crippen LogP contribution in [0.5, 0.6) is 5.75 Å². The molecule has 21 heavy (non-hydrogen) atoms. The molecule has 0 bridgehead atoms. The lowest BCUT2D eigenvalue weighted by Gasteiger charge is -2.28. The van der Waals surface area contributed by atoms with Gasteiger partial charge in [-0.15, -0.1) is 0 Å². The SMILES string of the molecule is FC(F)(F)c1cccc(C2CNc3cccc(Cl)c3O2)c1. The third kappa shape index (κ3) is 2.78. The lowest BCUT2D eigenvalue weighted by atomic mass is 10.0. The zero-order chi connectivity index (χ0) is 15.0. The van der Waals surface area contributed by atoms with Crippen molar-refractivity contribution in [3.05, 3.63) is 58.6 Å². The van der Waals surface area contributed by atoms with Gasteiger partial charge in [0.25, 0.3) is 0 Å². The van der Waals surface area contributed by atoms with Crippen molar-refractivity contribution in [1.82, 2.24) is 0 Å². The number of hydrogen-bond acceptors (Lipinski definition) is 2. The summed E-state index contributed by atoms with van der Waals surface area (Å²) in [6.07, 6.45) is -4.88. The van der Waals surface area contributed by atoms with Crippen LogP contribution in [0, 0.1) is 0 Å². The molecule has 1 heterocycles. The number of rotatable bonds is 1. The molecule has 1 N–H and O–H groups in total. The number of benzene rings is 2. The van der Waals surface area contributed by atoms with Gasteiger partial charge in [0.1, 0.15) is 6.10 Å². The van der Waals surface area contributed by atoms with Gasteiger partial charge >= 0.3 is 6.18 Å². The number of halogens is 4. The summed E-state index contributed by atoms with van der Waals surface area (Å²) < 4.78 is 44.0. The van der Waals surface area contributed by atoms with E-state index in [1.54, 1.807) is 18.2 Å². The minimum absolute atomic E-state index is 0.384. The lowest BCUT2D eigenvalue weighted by molar-refractivity contribution is -0.137. The fraction of sp³-hybridized carbons (Fsp3) is 0.200. The summed E-state index contributed by atoms with van der Waals surface area (Å²) in [5.41, 5.74) is 0.516. The minimum Gasteiger partial charge on any atom is -0.480 e. The van der Waals surface area contributed by atoms with Crippen LogP contribution in [0.3, 0.4) is 0 Å². The molecule has 1 aliphatic heterocycles. The van der Waals surface area contributed by atoms with Crippen LogP contribution in [-0.4, -0.2) is 6.54 Å². The van der Waals surface area contributed by atoms with Crippen LogP contribution >= 0.6 is 11.6 Å². The Morgan fingerprint density at radius 1 is 1.14 bits per heavy atom. The van der Waals surface area contributed by atoms with Gasteiger partial charge in [0.2, 0.25) is 0 Å². The second kappa shape index (κ2) is 5.15. The molecule has 2 aromatic carbocycles. The molecule has 0 radical (unpaired) electrons. The molecule has 0 fully saturated rings. The lowest BCUT2D eigenvalue weighted by Crippen LogP contribution is -2.24. The van der Waals surface area contributed by atoms with Gasteiger partial charge < -0.3 is 10.1 Å². The number of nitrogens with one attached hydrogen (secondary N) is 1. The van der Waals surface area contributed by atoms with E-state index in [1.165, 1.54) is 6.07 Å². The Labute approximate surface area is 124 Å². The van der Waals surface area contributed by atoms with Gasteiger partial charge in [-0.25, -0.2) is 0 Å². The molecular weight excluding hydrogens is 303 g/mol. The zero-order valence-electron chi connectivity index (χ0n) is 10.7. The van der Waals surface area contributed by atoms with Crippen LogP contribution in [0.15, 0.2) is 42.5 Å². The van der Waals surface area contributed by atoms with Crippen molar-refractivity contribution in [2.45, 2.75) is 12.3 Å². The number of fused-ring (bicyclic) bond motifs is 1. The Kier molecular flexibility index (Phi) is 3.45. The predicted octanol–water partition coefficient (Wildman–Crippen LogP) is 4.90. The molecule has 0 aliphatic carbocycles. The van der Waals surface area contributed by atoms with Crippen molar-refractivity contribution >= 4 is 17.3 Å². The molecule has 1 unspecified atom stereocenters. The zero-order valence-corrected chi connectivity index (χ0v) is 11.5. The maximum atomic E-state index is 12.8. The highest BCUT2D eigenvalue weighted by molar-refractivity contribution is 6.32. The first-order chi connectivity index (χ1) is 9.95. The summed E-state index contributed by atoms with van der Waals surface area (Å²) in [6.45, 7) is 0.384. The first-order valence-electron chi connectivity index (χ1n) is 6.31. The summed E-state index contributed by atoms with van der Waals surface area (Å²) in [7, 11) is 0. The van der Waals surface area contributed by atoms with Crippen LogP contribution in [-0.2, 0) is 6.18 Å². The Hall–Kier alpha value is -1.88. The van der Waals surface area contributed by atoms with E-state index in [-0.39, 0.29) is 0 Å². The topological polar surface area (TPSA) is 21.3 Å². The maximum absolute atomic E-state index is 12.8. The fourth-order valence-electron chi connectivity index (χ4n) is 2.26. The smallest absolute Gasteiger partial charge is 0.416 e. The van der Waals surface area contributed by atoms with Gasteiger partial charge in [-0.1, -0.05) is 29.8 Å². The molecule has 0 amide bonds.